The first-order valence-corrected chi connectivity index (χ1v) is 8.73. The van der Waals surface area contributed by atoms with Gasteiger partial charge in [-0.1, -0.05) is 0 Å². The Morgan fingerprint density at radius 1 is 0.393 bits per heavy atom. The van der Waals surface area contributed by atoms with Gasteiger partial charge in [0.1, 0.15) is 11.5 Å². The molecule has 0 saturated carbocycles. The van der Waals surface area contributed by atoms with Gasteiger partial charge < -0.3 is 28.4 Å². The minimum absolute atomic E-state index is 0.626. The molecule has 0 N–H and O–H groups in total. The van der Waals surface area contributed by atoms with Crippen LogP contribution in [0.1, 0.15) is 0 Å². The van der Waals surface area contributed by atoms with E-state index in [1.54, 1.807) is 42.7 Å². The van der Waals surface area contributed by atoms with E-state index in [0.29, 0.717) is 34.5 Å². The van der Waals surface area contributed by atoms with Crippen molar-refractivity contribution in [1.29, 1.82) is 0 Å². The van der Waals surface area contributed by atoms with Crippen LogP contribution in [0.5, 0.6) is 34.5 Å². The summed E-state index contributed by atoms with van der Waals surface area (Å²) in [6.45, 7) is 0. The molecule has 0 aliphatic heterocycles. The lowest BCUT2D eigenvalue weighted by Gasteiger charge is -2.22. The van der Waals surface area contributed by atoms with Crippen molar-refractivity contribution in [2.45, 2.75) is 0 Å². The monoisotopic (exact) mass is 382 g/mol. The van der Waals surface area contributed by atoms with Gasteiger partial charge in [0.15, 0.2) is 23.0 Å². The van der Waals surface area contributed by atoms with Crippen LogP contribution in [-0.2, 0) is 0 Å². The van der Waals surface area contributed by atoms with E-state index in [-0.39, 0.29) is 0 Å². The van der Waals surface area contributed by atoms with Crippen LogP contribution in [0.25, 0.3) is 32.3 Å². The van der Waals surface area contributed by atoms with Crippen molar-refractivity contribution in [1.82, 2.24) is 0 Å². The highest BCUT2D eigenvalue weighted by molar-refractivity contribution is 6.30. The van der Waals surface area contributed by atoms with Crippen molar-refractivity contribution in [2.75, 3.05) is 42.7 Å². The molecule has 0 aliphatic rings. The van der Waals surface area contributed by atoms with Crippen molar-refractivity contribution in [2.24, 2.45) is 0 Å². The summed E-state index contributed by atoms with van der Waals surface area (Å²) in [5.41, 5.74) is 0. The summed E-state index contributed by atoms with van der Waals surface area (Å²) in [7, 11) is 9.77. The third-order valence-electron chi connectivity index (χ3n) is 5.15. The second-order valence-corrected chi connectivity index (χ2v) is 6.33. The molecule has 0 fully saturated rings. The molecule has 6 nitrogen and oxygen atoms in total. The van der Waals surface area contributed by atoms with Gasteiger partial charge in [-0.05, 0) is 24.3 Å². The highest BCUT2D eigenvalue weighted by Gasteiger charge is 2.26. The smallest absolute Gasteiger partial charge is 0.169 e. The molecule has 0 aromatic heterocycles. The second kappa shape index (κ2) is 6.71. The van der Waals surface area contributed by atoms with Gasteiger partial charge in [0, 0.05) is 32.3 Å². The Morgan fingerprint density at radius 3 is 0.821 bits per heavy atom. The molecule has 146 valence electrons. The van der Waals surface area contributed by atoms with Crippen LogP contribution in [0.3, 0.4) is 0 Å². The summed E-state index contributed by atoms with van der Waals surface area (Å²) >= 11 is 0. The Hall–Kier alpha value is -3.28. The average molecular weight is 382 g/mol. The van der Waals surface area contributed by atoms with Crippen molar-refractivity contribution >= 4 is 32.3 Å². The fourth-order valence-electron chi connectivity index (χ4n) is 4.02. The number of hydrogen-bond acceptors (Lipinski definition) is 6. The van der Waals surface area contributed by atoms with Gasteiger partial charge in [-0.25, -0.2) is 0 Å². The molecule has 0 bridgehead atoms. The van der Waals surface area contributed by atoms with E-state index in [9.17, 15) is 0 Å². The van der Waals surface area contributed by atoms with Crippen LogP contribution in [0.2, 0.25) is 0 Å². The first-order chi connectivity index (χ1) is 13.6. The molecule has 0 amide bonds. The van der Waals surface area contributed by atoms with Crippen molar-refractivity contribution < 1.29 is 28.4 Å². The van der Waals surface area contributed by atoms with Gasteiger partial charge in [-0.2, -0.15) is 0 Å². The SMILES string of the molecule is COc1cc2c(OC)c(OC)c3cc(OC)cc4c(OC)c(OC)c(c1)c2c34. The summed E-state index contributed by atoms with van der Waals surface area (Å²) in [4.78, 5) is 0. The van der Waals surface area contributed by atoms with Gasteiger partial charge in [0.2, 0.25) is 0 Å². The molecule has 6 heteroatoms. The minimum atomic E-state index is 0.626. The lowest BCUT2D eigenvalue weighted by atomic mass is 9.91. The van der Waals surface area contributed by atoms with Crippen LogP contribution in [0.15, 0.2) is 24.3 Å². The predicted molar refractivity (Wildman–Crippen MR) is 109 cm³/mol. The van der Waals surface area contributed by atoms with Crippen LogP contribution < -0.4 is 28.4 Å². The summed E-state index contributed by atoms with van der Waals surface area (Å²) < 4.78 is 34.1. The van der Waals surface area contributed by atoms with E-state index in [1.807, 2.05) is 24.3 Å². The fraction of sp³-hybridized carbons (Fsp3) is 0.273. The van der Waals surface area contributed by atoms with Gasteiger partial charge in [-0.3, -0.25) is 0 Å². The Morgan fingerprint density at radius 2 is 0.643 bits per heavy atom. The van der Waals surface area contributed by atoms with Crippen LogP contribution in [0.4, 0.5) is 0 Å². The number of rotatable bonds is 6. The van der Waals surface area contributed by atoms with Crippen molar-refractivity contribution in [3.63, 3.8) is 0 Å². The normalized spacial score (nSPS) is 11.2. The topological polar surface area (TPSA) is 55.4 Å². The third kappa shape index (κ3) is 2.27. The van der Waals surface area contributed by atoms with E-state index in [0.717, 1.165) is 32.3 Å². The molecule has 0 radical (unpaired) electrons. The van der Waals surface area contributed by atoms with Crippen molar-refractivity contribution in [3.05, 3.63) is 24.3 Å². The van der Waals surface area contributed by atoms with E-state index < -0.39 is 0 Å². The van der Waals surface area contributed by atoms with E-state index in [1.165, 1.54) is 0 Å². The fourth-order valence-corrected chi connectivity index (χ4v) is 4.02. The van der Waals surface area contributed by atoms with Gasteiger partial charge in [0.25, 0.3) is 0 Å². The van der Waals surface area contributed by atoms with E-state index in [2.05, 4.69) is 0 Å². The van der Waals surface area contributed by atoms with Crippen LogP contribution >= 0.6 is 0 Å². The summed E-state index contributed by atoms with van der Waals surface area (Å²) in [6, 6.07) is 7.77. The molecule has 4 aromatic carbocycles. The highest BCUT2D eigenvalue weighted by Crippen LogP contribution is 2.54. The Bertz CT molecular complexity index is 1010. The lowest BCUT2D eigenvalue weighted by molar-refractivity contribution is 0.359. The number of ether oxygens (including phenoxy) is 6. The molecular formula is C22H22O6. The molecule has 4 rings (SSSR count). The largest absolute Gasteiger partial charge is 0.497 e. The summed E-state index contributed by atoms with van der Waals surface area (Å²) in [6.07, 6.45) is 0. The third-order valence-corrected chi connectivity index (χ3v) is 5.15. The molecule has 0 saturated heterocycles. The highest BCUT2D eigenvalue weighted by atomic mass is 16.5. The molecule has 0 unspecified atom stereocenters. The quantitative estimate of drug-likeness (QED) is 0.453. The first kappa shape index (κ1) is 18.1. The first-order valence-electron chi connectivity index (χ1n) is 8.73. The van der Waals surface area contributed by atoms with E-state index >= 15 is 0 Å². The molecular weight excluding hydrogens is 360 g/mol. The zero-order chi connectivity index (χ0) is 20.0. The second-order valence-electron chi connectivity index (χ2n) is 6.33. The zero-order valence-electron chi connectivity index (χ0n) is 16.8. The van der Waals surface area contributed by atoms with Crippen LogP contribution in [0, 0.1) is 0 Å². The maximum absolute atomic E-state index is 5.76. The molecule has 0 atom stereocenters. The molecule has 4 aromatic rings. The van der Waals surface area contributed by atoms with Crippen LogP contribution in [-0.4, -0.2) is 42.7 Å². The van der Waals surface area contributed by atoms with Crippen molar-refractivity contribution in [3.8, 4) is 34.5 Å². The predicted octanol–water partition coefficient (Wildman–Crippen LogP) is 4.64. The minimum Gasteiger partial charge on any atom is -0.497 e. The van der Waals surface area contributed by atoms with Gasteiger partial charge in [0.05, 0.1) is 42.7 Å². The number of benzene rings is 4. The standard InChI is InChI=1S/C22H22O6/c1-23-11-7-13-17-14(8-11)20(26-4)22(28-6)16-10-12(24-2)9-15(18(16)17)21(27-5)19(13)25-3/h7-10H,1-6H3. The van der Waals surface area contributed by atoms with E-state index in [4.69, 9.17) is 28.4 Å². The molecule has 0 heterocycles. The maximum Gasteiger partial charge on any atom is 0.169 e. The molecule has 0 spiro atoms. The summed E-state index contributed by atoms with van der Waals surface area (Å²) in [5, 5.41) is 5.47. The Labute approximate surface area is 162 Å². The average Bonchev–Trinajstić information content (AvgIpc) is 2.74. The zero-order valence-corrected chi connectivity index (χ0v) is 16.8. The Kier molecular flexibility index (Phi) is 4.34. The number of methoxy groups -OCH3 is 6. The summed E-state index contributed by atoms with van der Waals surface area (Å²) in [5.74, 6) is 3.87. The maximum atomic E-state index is 5.76. The molecule has 28 heavy (non-hydrogen) atoms. The van der Waals surface area contributed by atoms with Gasteiger partial charge >= 0.3 is 0 Å². The number of hydrogen-bond donors (Lipinski definition) is 0. The lowest BCUT2D eigenvalue weighted by Crippen LogP contribution is -2.00. The van der Waals surface area contributed by atoms with Gasteiger partial charge in [-0.15, -0.1) is 0 Å². The molecule has 0 aliphatic carbocycles. The Balaban J connectivity index is 2.42.